The van der Waals surface area contributed by atoms with Gasteiger partial charge in [-0.25, -0.2) is 17.5 Å². The SMILES string of the molecule is COc1ccc(S(=O)(=O)N[C@H](CC(=O)O)C(=O)C[C@@H](CCC(=O)O)C(=O)NCC(=O)C[C@@H](Cc2cccc(F)c2)C(=O)N[C@@H](Cc2c[nH]c3ccccc23)C(=O)C[C@@H](CCC(=O)O)C(=O)NCCCCCC(=O)C[C@@H](CCCCNC(=O)c2ccc(C(C)(C)C)cc2)C(N)=O)cc1. The first-order valence-electron chi connectivity index (χ1n) is 32.2. The molecule has 0 bridgehead atoms. The van der Waals surface area contributed by atoms with E-state index in [-0.39, 0.29) is 66.2 Å². The number of carboxylic acids is 3. The molecule has 5 aromatic rings. The smallest absolute Gasteiger partial charge is 0.305 e. The molecule has 0 unspecified atom stereocenters. The summed E-state index contributed by atoms with van der Waals surface area (Å²) in [5.41, 5.74) is 8.72. The Morgan fingerprint density at radius 2 is 1.20 bits per heavy atom. The van der Waals surface area contributed by atoms with Gasteiger partial charge in [-0.1, -0.05) is 76.1 Å². The molecule has 6 atom stereocenters. The normalized spacial score (nSPS) is 13.4. The number of aliphatic carboxylic acids is 3. The van der Waals surface area contributed by atoms with Crippen molar-refractivity contribution in [3.8, 4) is 5.75 Å². The molecule has 5 rings (SSSR count). The van der Waals surface area contributed by atoms with Crippen molar-refractivity contribution in [2.24, 2.45) is 29.4 Å². The van der Waals surface area contributed by atoms with Crippen molar-refractivity contribution in [2.75, 3.05) is 26.7 Å². The van der Waals surface area contributed by atoms with Crippen LogP contribution in [-0.2, 0) is 81.0 Å². The number of nitrogens with one attached hydrogen (secondary N) is 6. The molecule has 25 nitrogen and oxygen atoms in total. The number of carbonyl (C=O) groups excluding carboxylic acids is 9. The van der Waals surface area contributed by atoms with E-state index in [1.54, 1.807) is 42.6 Å². The molecule has 0 fully saturated rings. The molecule has 0 aliphatic carbocycles. The third-order valence-corrected chi connectivity index (χ3v) is 18.0. The number of aromatic amines is 1. The van der Waals surface area contributed by atoms with Crippen LogP contribution in [0.2, 0.25) is 0 Å². The molecule has 524 valence electrons. The van der Waals surface area contributed by atoms with Gasteiger partial charge in [0.05, 0.1) is 37.1 Å². The highest BCUT2D eigenvalue weighted by Crippen LogP contribution is 2.26. The van der Waals surface area contributed by atoms with Gasteiger partial charge in [0.1, 0.15) is 17.3 Å². The lowest BCUT2D eigenvalue weighted by Crippen LogP contribution is -2.47. The van der Waals surface area contributed by atoms with E-state index < -0.39 is 162 Å². The Morgan fingerprint density at radius 3 is 1.80 bits per heavy atom. The molecule has 97 heavy (non-hydrogen) atoms. The lowest BCUT2D eigenvalue weighted by atomic mass is 9.87. The Labute approximate surface area is 562 Å². The van der Waals surface area contributed by atoms with Gasteiger partial charge in [-0.3, -0.25) is 57.5 Å². The maximum absolute atomic E-state index is 14.7. The first kappa shape index (κ1) is 78.2. The number of primary amides is 1. The fourth-order valence-electron chi connectivity index (χ4n) is 11.0. The molecule has 4 aromatic carbocycles. The monoisotopic (exact) mass is 1370 g/mol. The summed E-state index contributed by atoms with van der Waals surface area (Å²) in [4.78, 5) is 161. The van der Waals surface area contributed by atoms with Gasteiger partial charge in [0.25, 0.3) is 5.91 Å². The third kappa shape index (κ3) is 26.9. The van der Waals surface area contributed by atoms with Gasteiger partial charge in [0, 0.05) is 111 Å². The maximum Gasteiger partial charge on any atom is 0.305 e. The number of fused-ring (bicyclic) bond motifs is 1. The van der Waals surface area contributed by atoms with Crippen molar-refractivity contribution < 1.29 is 90.4 Å². The number of hydrogen-bond acceptors (Lipinski definition) is 15. The molecule has 1 aromatic heterocycles. The standard InChI is InChI=1S/C70H88FN7O18S/c1-70(2,3)50-23-19-44(20-24-50)66(90)73-32-11-9-14-45(65(72)89)35-52(79)16-6-5-10-31-74-67(91)46(21-29-62(83)84)38-60(81)58(37-49-41-75-57-18-8-7-17-56(49)57)77-69(93)48(33-43-13-12-15-51(71)34-43)36-53(80)42-76-68(92)47(22-30-63(85)86)39-61(82)59(40-64(87)88)78-97(94,95)55-27-25-54(96-4)26-28-55/h7-8,12-13,15,17-20,23-28,34,41,45-48,58-59,75,78H,5-6,9-11,14,16,21-22,29-33,35-40,42H2,1-4H3,(H2,72,89)(H,73,90)(H,74,91)(H,76,92)(H,77,93)(H,83,84)(H,85,86)(H,87,88)/t45-,46-,47-,48-,58+,59-/m1/s1. The van der Waals surface area contributed by atoms with Crippen LogP contribution in [0.5, 0.6) is 5.75 Å². The minimum Gasteiger partial charge on any atom is -0.497 e. The van der Waals surface area contributed by atoms with Crippen LogP contribution in [0.3, 0.4) is 0 Å². The summed E-state index contributed by atoms with van der Waals surface area (Å²) in [6.07, 6.45) is -1.16. The second-order valence-corrected chi connectivity index (χ2v) is 26.9. The molecule has 0 saturated carbocycles. The van der Waals surface area contributed by atoms with Gasteiger partial charge in [0.15, 0.2) is 17.3 Å². The number of halogens is 1. The molecule has 0 aliphatic rings. The van der Waals surface area contributed by atoms with Crippen LogP contribution in [0, 0.1) is 29.5 Å². The number of Topliss-reactive ketones (excluding diaryl/α,β-unsaturated/α-hetero) is 4. The number of para-hydroxylation sites is 1. The second kappa shape index (κ2) is 38.3. The van der Waals surface area contributed by atoms with Crippen LogP contribution in [0.25, 0.3) is 10.9 Å². The second-order valence-electron chi connectivity index (χ2n) is 25.2. The minimum atomic E-state index is -4.55. The van der Waals surface area contributed by atoms with E-state index in [1.807, 2.05) is 16.9 Å². The summed E-state index contributed by atoms with van der Waals surface area (Å²) in [6, 6.07) is 21.1. The summed E-state index contributed by atoms with van der Waals surface area (Å²) < 4.78 is 48.3. The molecule has 5 amide bonds. The zero-order valence-electron chi connectivity index (χ0n) is 55.0. The number of rotatable bonds is 45. The molecule has 0 radical (unpaired) electrons. The zero-order valence-corrected chi connectivity index (χ0v) is 55.8. The van der Waals surface area contributed by atoms with Crippen LogP contribution >= 0.6 is 0 Å². The van der Waals surface area contributed by atoms with Crippen molar-refractivity contribution in [2.45, 2.75) is 159 Å². The molecule has 0 spiro atoms. The largest absolute Gasteiger partial charge is 0.497 e. The van der Waals surface area contributed by atoms with Gasteiger partial charge < -0.3 is 52.0 Å². The number of hydrogen-bond donors (Lipinski definition) is 10. The Bertz CT molecular complexity index is 3700. The number of aromatic nitrogens is 1. The Morgan fingerprint density at radius 1 is 0.588 bits per heavy atom. The summed E-state index contributed by atoms with van der Waals surface area (Å²) in [5, 5.41) is 40.2. The topological polar surface area (TPSA) is 411 Å². The first-order valence-corrected chi connectivity index (χ1v) is 33.6. The number of sulfonamides is 1. The van der Waals surface area contributed by atoms with Gasteiger partial charge >= 0.3 is 17.9 Å². The lowest BCUT2D eigenvalue weighted by Gasteiger charge is -2.24. The number of ketones is 4. The molecule has 1 heterocycles. The quantitative estimate of drug-likeness (QED) is 0.0183. The van der Waals surface area contributed by atoms with E-state index in [4.69, 9.17) is 10.5 Å². The van der Waals surface area contributed by atoms with Crippen molar-refractivity contribution in [3.63, 3.8) is 0 Å². The lowest BCUT2D eigenvalue weighted by molar-refractivity contribution is -0.140. The summed E-state index contributed by atoms with van der Waals surface area (Å²) >= 11 is 0. The number of carbonyl (C=O) groups is 12. The number of benzene rings is 4. The number of methoxy groups -OCH3 is 1. The highest BCUT2D eigenvalue weighted by atomic mass is 32.2. The van der Waals surface area contributed by atoms with Crippen LogP contribution < -0.4 is 36.5 Å². The first-order chi connectivity index (χ1) is 45.9. The molecule has 0 aliphatic heterocycles. The number of ether oxygens (including phenoxy) is 1. The van der Waals surface area contributed by atoms with Crippen molar-refractivity contribution in [1.29, 1.82) is 0 Å². The predicted molar refractivity (Wildman–Crippen MR) is 355 cm³/mol. The van der Waals surface area contributed by atoms with E-state index >= 15 is 0 Å². The van der Waals surface area contributed by atoms with Gasteiger partial charge in [-0.15, -0.1) is 0 Å². The van der Waals surface area contributed by atoms with Crippen LogP contribution in [0.4, 0.5) is 4.39 Å². The number of H-pyrrole nitrogens is 1. The van der Waals surface area contributed by atoms with E-state index in [0.29, 0.717) is 72.8 Å². The van der Waals surface area contributed by atoms with Crippen molar-refractivity contribution in [3.05, 3.63) is 131 Å². The summed E-state index contributed by atoms with van der Waals surface area (Å²) in [6.45, 7) is 5.89. The van der Waals surface area contributed by atoms with Crippen molar-refractivity contribution in [1.82, 2.24) is 31.0 Å². The molecular formula is C70H88FN7O18S. The molecule has 11 N–H and O–H groups in total. The van der Waals surface area contributed by atoms with Gasteiger partial charge in [-0.05, 0) is 122 Å². The van der Waals surface area contributed by atoms with Gasteiger partial charge in [0.2, 0.25) is 33.7 Å². The van der Waals surface area contributed by atoms with E-state index in [0.717, 1.165) is 29.8 Å². The highest BCUT2D eigenvalue weighted by Gasteiger charge is 2.35. The Balaban J connectivity index is 1.22. The van der Waals surface area contributed by atoms with E-state index in [1.165, 1.54) is 31.4 Å². The molecule has 27 heteroatoms. The number of nitrogens with two attached hydrogens (primary N) is 1. The van der Waals surface area contributed by atoms with Crippen LogP contribution in [0.1, 0.15) is 151 Å². The van der Waals surface area contributed by atoms with E-state index in [2.05, 4.69) is 47.0 Å². The number of unbranched alkanes of at least 4 members (excludes halogenated alkanes) is 3. The third-order valence-electron chi connectivity index (χ3n) is 16.6. The minimum absolute atomic E-state index is 0.0513. The zero-order chi connectivity index (χ0) is 71.4. The number of amides is 5. The van der Waals surface area contributed by atoms with Gasteiger partial charge in [-0.2, -0.15) is 0 Å². The average molecular weight is 1370 g/mol. The molecular weight excluding hydrogens is 1280 g/mol. The van der Waals surface area contributed by atoms with Crippen molar-refractivity contribution >= 4 is 91.5 Å². The summed E-state index contributed by atoms with van der Waals surface area (Å²) in [7, 11) is -3.21. The fraction of sp³-hybridized carbons (Fsp3) is 0.457. The fourth-order valence-corrected chi connectivity index (χ4v) is 12.2. The van der Waals surface area contributed by atoms with Crippen LogP contribution in [0.15, 0.2) is 108 Å². The predicted octanol–water partition coefficient (Wildman–Crippen LogP) is 6.61. The highest BCUT2D eigenvalue weighted by molar-refractivity contribution is 7.89. The molecule has 0 saturated heterocycles. The average Bonchev–Trinajstić information content (AvgIpc) is 1.82. The Kier molecular flexibility index (Phi) is 30.9. The maximum atomic E-state index is 14.7. The van der Waals surface area contributed by atoms with E-state index in [9.17, 15) is 85.7 Å². The summed E-state index contributed by atoms with van der Waals surface area (Å²) in [5.74, 6) is -15.6. The number of carboxylic acid groups (broad SMARTS) is 3. The Hall–Kier alpha value is -9.50. The van der Waals surface area contributed by atoms with Crippen LogP contribution in [-0.4, -0.2) is 138 Å².